The molecule has 0 fully saturated rings. The van der Waals surface area contributed by atoms with Gasteiger partial charge >= 0.3 is 0 Å². The molecule has 1 aromatic heterocycles. The molecule has 0 atom stereocenters. The van der Waals surface area contributed by atoms with Crippen molar-refractivity contribution < 1.29 is 0 Å². The Morgan fingerprint density at radius 2 is 1.85 bits per heavy atom. The molecule has 0 bridgehead atoms. The molecule has 1 aromatic carbocycles. The number of benzene rings is 1. The van der Waals surface area contributed by atoms with Gasteiger partial charge in [-0.1, -0.05) is 36.2 Å². The van der Waals surface area contributed by atoms with E-state index in [1.54, 1.807) is 18.1 Å². The lowest BCUT2D eigenvalue weighted by Gasteiger charge is -2.11. The largest absolute Gasteiger partial charge is 0.308 e. The van der Waals surface area contributed by atoms with Crippen LogP contribution in [-0.4, -0.2) is 9.97 Å². The van der Waals surface area contributed by atoms with Crippen molar-refractivity contribution in [3.8, 4) is 0 Å². The number of nitrogens with zero attached hydrogens (tertiary/aromatic N) is 2. The summed E-state index contributed by atoms with van der Waals surface area (Å²) in [6, 6.07) is 6.62. The zero-order valence-corrected chi connectivity index (χ0v) is 12.9. The molecule has 0 saturated carbocycles. The molecular weight excluding hydrogens is 268 g/mol. The Balaban J connectivity index is 2.18. The second kappa shape index (κ2) is 6.72. The number of rotatable bonds is 5. The highest BCUT2D eigenvalue weighted by molar-refractivity contribution is 7.98. The van der Waals surface area contributed by atoms with E-state index >= 15 is 0 Å². The van der Waals surface area contributed by atoms with Gasteiger partial charge < -0.3 is 5.43 Å². The third-order valence-electron chi connectivity index (χ3n) is 3.05. The summed E-state index contributed by atoms with van der Waals surface area (Å²) in [7, 11) is 0. The van der Waals surface area contributed by atoms with E-state index in [0.29, 0.717) is 5.82 Å². The van der Waals surface area contributed by atoms with Crippen molar-refractivity contribution in [2.75, 3.05) is 5.43 Å². The summed E-state index contributed by atoms with van der Waals surface area (Å²) in [5.74, 6) is 7.11. The molecule has 0 aliphatic heterocycles. The minimum Gasteiger partial charge on any atom is -0.308 e. The fourth-order valence-corrected chi connectivity index (χ4v) is 3.27. The Kier molecular flexibility index (Phi) is 4.98. The summed E-state index contributed by atoms with van der Waals surface area (Å²) < 4.78 is 0. The number of aromatic nitrogens is 2. The normalized spacial score (nSPS) is 10.6. The molecule has 5 heteroatoms. The van der Waals surface area contributed by atoms with Crippen LogP contribution in [0.15, 0.2) is 29.6 Å². The quantitative estimate of drug-likeness (QED) is 0.383. The predicted octanol–water partition coefficient (Wildman–Crippen LogP) is 3.23. The van der Waals surface area contributed by atoms with Crippen molar-refractivity contribution in [2.24, 2.45) is 5.84 Å². The Morgan fingerprint density at radius 3 is 2.45 bits per heavy atom. The number of hydrogen-bond donors (Lipinski definition) is 2. The molecular formula is C15H20N4S. The highest BCUT2D eigenvalue weighted by atomic mass is 32.2. The van der Waals surface area contributed by atoms with Crippen LogP contribution in [0.1, 0.15) is 29.2 Å². The van der Waals surface area contributed by atoms with E-state index in [2.05, 4.69) is 54.4 Å². The van der Waals surface area contributed by atoms with Gasteiger partial charge in [-0.05, 0) is 25.8 Å². The fourth-order valence-electron chi connectivity index (χ4n) is 2.27. The lowest BCUT2D eigenvalue weighted by molar-refractivity contribution is 0.940. The minimum absolute atomic E-state index is 0.713. The fraction of sp³-hybridized carbons (Fsp3) is 0.333. The Bertz CT molecular complexity index is 578. The van der Waals surface area contributed by atoms with Crippen LogP contribution < -0.4 is 11.3 Å². The number of thioether (sulfide) groups is 1. The van der Waals surface area contributed by atoms with Crippen LogP contribution >= 0.6 is 11.8 Å². The molecule has 4 nitrogen and oxygen atoms in total. The van der Waals surface area contributed by atoms with Crippen molar-refractivity contribution in [3.05, 3.63) is 46.8 Å². The van der Waals surface area contributed by atoms with Gasteiger partial charge in [0.05, 0.1) is 0 Å². The molecule has 1 heterocycles. The lowest BCUT2D eigenvalue weighted by atomic mass is 10.1. The molecule has 2 rings (SSSR count). The van der Waals surface area contributed by atoms with Gasteiger partial charge in [-0.3, -0.25) is 0 Å². The van der Waals surface area contributed by atoms with Gasteiger partial charge in [0.15, 0.2) is 0 Å². The van der Waals surface area contributed by atoms with Crippen LogP contribution in [-0.2, 0) is 12.2 Å². The van der Waals surface area contributed by atoms with Crippen molar-refractivity contribution in [3.63, 3.8) is 0 Å². The maximum Gasteiger partial charge on any atom is 0.147 e. The Labute approximate surface area is 124 Å². The molecule has 3 N–H and O–H groups in total. The average molecular weight is 288 g/mol. The first kappa shape index (κ1) is 14.8. The maximum absolute atomic E-state index is 5.49. The lowest BCUT2D eigenvalue weighted by Crippen LogP contribution is -2.12. The van der Waals surface area contributed by atoms with Crippen molar-refractivity contribution in [1.82, 2.24) is 9.97 Å². The van der Waals surface area contributed by atoms with Crippen molar-refractivity contribution >= 4 is 17.6 Å². The van der Waals surface area contributed by atoms with E-state index in [-0.39, 0.29) is 0 Å². The van der Waals surface area contributed by atoms with Crippen LogP contribution in [0.25, 0.3) is 0 Å². The molecule has 0 unspecified atom stereocenters. The summed E-state index contributed by atoms with van der Waals surface area (Å²) in [5.41, 5.74) is 7.62. The van der Waals surface area contributed by atoms with Gasteiger partial charge in [-0.2, -0.15) is 0 Å². The molecule has 0 amide bonds. The van der Waals surface area contributed by atoms with E-state index in [1.807, 2.05) is 0 Å². The molecule has 2 aromatic rings. The van der Waals surface area contributed by atoms with Crippen LogP contribution in [0.2, 0.25) is 0 Å². The molecule has 0 aliphatic rings. The molecule has 106 valence electrons. The van der Waals surface area contributed by atoms with E-state index < -0.39 is 0 Å². The Hall–Kier alpha value is -1.59. The van der Waals surface area contributed by atoms with Crippen LogP contribution in [0.5, 0.6) is 0 Å². The van der Waals surface area contributed by atoms with Gasteiger partial charge in [0.1, 0.15) is 17.2 Å². The first-order valence-electron chi connectivity index (χ1n) is 6.64. The van der Waals surface area contributed by atoms with Crippen LogP contribution in [0, 0.1) is 13.8 Å². The number of nitrogens with one attached hydrogen (secondary N) is 1. The monoisotopic (exact) mass is 288 g/mol. The Morgan fingerprint density at radius 1 is 1.15 bits per heavy atom. The highest BCUT2D eigenvalue weighted by Crippen LogP contribution is 2.28. The number of hydrogen-bond acceptors (Lipinski definition) is 5. The standard InChI is InChI=1S/C15H20N4S/c1-4-13-14(19-16)17-9-18-15(13)20-8-12-6-10(2)5-11(3)7-12/h5-7,9H,4,8,16H2,1-3H3,(H,17,18,19). The molecule has 0 spiro atoms. The molecule has 20 heavy (non-hydrogen) atoms. The SMILES string of the molecule is CCc1c(NN)ncnc1SCc1cc(C)cc(C)c1. The number of aryl methyl sites for hydroxylation is 2. The maximum atomic E-state index is 5.49. The summed E-state index contributed by atoms with van der Waals surface area (Å²) in [6.45, 7) is 6.33. The van der Waals surface area contributed by atoms with Gasteiger partial charge in [-0.15, -0.1) is 11.8 Å². The summed E-state index contributed by atoms with van der Waals surface area (Å²) >= 11 is 1.72. The van der Waals surface area contributed by atoms with Gasteiger partial charge in [-0.25, -0.2) is 15.8 Å². The number of nitrogens with two attached hydrogens (primary N) is 1. The average Bonchev–Trinajstić information content (AvgIpc) is 2.43. The summed E-state index contributed by atoms with van der Waals surface area (Å²) in [6.07, 6.45) is 2.41. The third kappa shape index (κ3) is 3.49. The van der Waals surface area contributed by atoms with Crippen LogP contribution in [0.3, 0.4) is 0 Å². The van der Waals surface area contributed by atoms with E-state index in [4.69, 9.17) is 5.84 Å². The van der Waals surface area contributed by atoms with E-state index in [9.17, 15) is 0 Å². The second-order valence-electron chi connectivity index (χ2n) is 4.79. The van der Waals surface area contributed by atoms with Gasteiger partial charge in [0, 0.05) is 11.3 Å². The molecule has 0 aliphatic carbocycles. The third-order valence-corrected chi connectivity index (χ3v) is 4.16. The topological polar surface area (TPSA) is 63.8 Å². The summed E-state index contributed by atoms with van der Waals surface area (Å²) in [4.78, 5) is 8.53. The number of anilines is 1. The second-order valence-corrected chi connectivity index (χ2v) is 5.75. The summed E-state index contributed by atoms with van der Waals surface area (Å²) in [5, 5.41) is 0.995. The van der Waals surface area contributed by atoms with Gasteiger partial charge in [0.25, 0.3) is 0 Å². The van der Waals surface area contributed by atoms with Crippen molar-refractivity contribution in [2.45, 2.75) is 38.0 Å². The highest BCUT2D eigenvalue weighted by Gasteiger charge is 2.09. The minimum atomic E-state index is 0.713. The van der Waals surface area contributed by atoms with Crippen LogP contribution in [0.4, 0.5) is 5.82 Å². The molecule has 0 radical (unpaired) electrons. The molecule has 0 saturated heterocycles. The zero-order valence-electron chi connectivity index (χ0n) is 12.1. The predicted molar refractivity (Wildman–Crippen MR) is 84.7 cm³/mol. The van der Waals surface area contributed by atoms with Crippen molar-refractivity contribution in [1.29, 1.82) is 0 Å². The number of hydrazine groups is 1. The zero-order chi connectivity index (χ0) is 14.5. The van der Waals surface area contributed by atoms with E-state index in [0.717, 1.165) is 22.8 Å². The number of nitrogen functional groups attached to an aromatic ring is 1. The first-order valence-corrected chi connectivity index (χ1v) is 7.63. The smallest absolute Gasteiger partial charge is 0.147 e. The van der Waals surface area contributed by atoms with E-state index in [1.165, 1.54) is 16.7 Å². The first-order chi connectivity index (χ1) is 9.63. The van der Waals surface area contributed by atoms with Gasteiger partial charge in [0.2, 0.25) is 0 Å².